The molecule has 7 heterocycles. The Kier molecular flexibility index (Phi) is 23.9. The third-order valence-electron chi connectivity index (χ3n) is 14.7. The van der Waals surface area contributed by atoms with E-state index in [4.69, 9.17) is 34.8 Å². The standard InChI is InChI=1S/C18H18Cl2N2.C17H17ClFN3.C17H18FN3.C16H18N4/c19-15-9-4-8-14(18(15)20)16(22-17-10-5-11-21-17)12-13-6-2-1-3-7-13;18-14-4-1-3-13(17(14)19)15(22-16-5-2-8-21-16)11-12-6-9-20-10-7-12;18-15-4-1-3-14(12-15)16(21-17-5-2-8-20-17)11-13-6-9-19-10-7-13;1-2-5-13(6-3-1)15(20-16-7-4-8-19-16)11-14-12-17-9-10-18-14/h1-4,6-9,16H,5,10-12H2,(H,21,22);1,3-4,6-7,9-10,15H,2,5,8,11H2,(H,21,22);1,3-4,6-7,9-10,12,16H,2,5,8,11H2,(H,20,21);1-3,5-6,9-10,12,15H,4,7-8,11H2,(H,19,20). The van der Waals surface area contributed by atoms with Crippen LogP contribution in [0.25, 0.3) is 0 Å². The Morgan fingerprint density at radius 3 is 1.35 bits per heavy atom. The summed E-state index contributed by atoms with van der Waals surface area (Å²) in [6.45, 7) is 3.56. The van der Waals surface area contributed by atoms with Gasteiger partial charge in [-0.1, -0.05) is 132 Å². The summed E-state index contributed by atoms with van der Waals surface area (Å²) in [4.78, 5) is 34.5. The van der Waals surface area contributed by atoms with E-state index in [2.05, 4.69) is 110 Å². The third kappa shape index (κ3) is 19.6. The molecule has 5 aromatic carbocycles. The number of benzene rings is 5. The summed E-state index contributed by atoms with van der Waals surface area (Å²) in [6, 6.07) is 46.5. The van der Waals surface area contributed by atoms with Gasteiger partial charge in [-0.25, -0.2) is 8.78 Å². The van der Waals surface area contributed by atoms with Gasteiger partial charge in [0.2, 0.25) is 0 Å². The lowest BCUT2D eigenvalue weighted by molar-refractivity contribution is 0.556. The van der Waals surface area contributed by atoms with Crippen molar-refractivity contribution in [3.05, 3.63) is 260 Å². The molecule has 438 valence electrons. The molecule has 3 aromatic heterocycles. The molecule has 4 N–H and O–H groups in total. The molecule has 0 saturated heterocycles. The van der Waals surface area contributed by atoms with Crippen LogP contribution in [0.4, 0.5) is 8.78 Å². The number of aromatic nitrogens is 4. The quantitative estimate of drug-likeness (QED) is 0.0747. The van der Waals surface area contributed by atoms with Crippen molar-refractivity contribution in [2.75, 3.05) is 26.2 Å². The van der Waals surface area contributed by atoms with Crippen molar-refractivity contribution in [1.29, 1.82) is 0 Å². The van der Waals surface area contributed by atoms with Crippen molar-refractivity contribution in [3.63, 3.8) is 0 Å². The van der Waals surface area contributed by atoms with Crippen molar-refractivity contribution < 1.29 is 8.78 Å². The van der Waals surface area contributed by atoms with Gasteiger partial charge in [0.05, 0.1) is 68.3 Å². The maximum Gasteiger partial charge on any atom is 0.147 e. The van der Waals surface area contributed by atoms with E-state index in [9.17, 15) is 8.78 Å². The zero-order valence-corrected chi connectivity index (χ0v) is 49.8. The number of rotatable bonds is 16. The van der Waals surface area contributed by atoms with Gasteiger partial charge in [-0.05, 0) is 127 Å². The van der Waals surface area contributed by atoms with E-state index in [-0.39, 0.29) is 40.8 Å². The zero-order valence-electron chi connectivity index (χ0n) is 47.5. The van der Waals surface area contributed by atoms with E-state index in [1.807, 2.05) is 66.9 Å². The number of halogens is 5. The number of aliphatic imine (C=N–C) groups is 4. The van der Waals surface area contributed by atoms with E-state index in [0.717, 1.165) is 143 Å². The summed E-state index contributed by atoms with van der Waals surface area (Å²) >= 11 is 18.5. The van der Waals surface area contributed by atoms with Gasteiger partial charge in [0.1, 0.15) is 11.6 Å². The third-order valence-corrected chi connectivity index (χ3v) is 15.8. The van der Waals surface area contributed by atoms with E-state index in [1.165, 1.54) is 22.8 Å². The van der Waals surface area contributed by atoms with Crippen molar-refractivity contribution in [1.82, 2.24) is 41.2 Å². The molecule has 17 heteroatoms. The van der Waals surface area contributed by atoms with Crippen LogP contribution in [-0.4, -0.2) is 69.5 Å². The zero-order chi connectivity index (χ0) is 58.8. The van der Waals surface area contributed by atoms with Gasteiger partial charge >= 0.3 is 0 Å². The second-order valence-corrected chi connectivity index (χ2v) is 22.2. The molecule has 0 fully saturated rings. The first-order valence-electron chi connectivity index (χ1n) is 29.1. The van der Waals surface area contributed by atoms with Crippen LogP contribution in [0.5, 0.6) is 0 Å². The Labute approximate surface area is 512 Å². The predicted molar refractivity (Wildman–Crippen MR) is 342 cm³/mol. The minimum Gasteiger partial charge on any atom is -0.367 e. The molecular weight excluding hydrogens is 1130 g/mol. The van der Waals surface area contributed by atoms with E-state index in [0.29, 0.717) is 22.0 Å². The van der Waals surface area contributed by atoms with Crippen LogP contribution in [0.15, 0.2) is 209 Å². The Morgan fingerprint density at radius 1 is 0.400 bits per heavy atom. The molecule has 0 aliphatic carbocycles. The molecule has 85 heavy (non-hydrogen) atoms. The molecule has 4 aliphatic heterocycles. The molecule has 0 saturated carbocycles. The van der Waals surface area contributed by atoms with Crippen LogP contribution in [0.2, 0.25) is 15.1 Å². The van der Waals surface area contributed by atoms with Crippen LogP contribution in [0, 0.1) is 11.6 Å². The maximum absolute atomic E-state index is 14.4. The number of nitrogens with one attached hydrogen (secondary N) is 4. The number of amidine groups is 4. The molecule has 4 unspecified atom stereocenters. The highest BCUT2D eigenvalue weighted by Gasteiger charge is 2.23. The highest BCUT2D eigenvalue weighted by Crippen LogP contribution is 2.33. The predicted octanol–water partition coefficient (Wildman–Crippen LogP) is 14.8. The summed E-state index contributed by atoms with van der Waals surface area (Å²) in [7, 11) is 0. The van der Waals surface area contributed by atoms with Gasteiger partial charge in [-0.2, -0.15) is 0 Å². The van der Waals surface area contributed by atoms with E-state index >= 15 is 0 Å². The Balaban J connectivity index is 0.000000136. The molecule has 4 atom stereocenters. The maximum atomic E-state index is 14.4. The normalized spacial score (nSPS) is 15.5. The number of hydrogen-bond donors (Lipinski definition) is 4. The summed E-state index contributed by atoms with van der Waals surface area (Å²) in [5, 5.41) is 15.3. The summed E-state index contributed by atoms with van der Waals surface area (Å²) in [5.74, 6) is 3.58. The molecule has 4 aliphatic rings. The minimum absolute atomic E-state index is 0.0277. The summed E-state index contributed by atoms with van der Waals surface area (Å²) < 4.78 is 27.9. The van der Waals surface area contributed by atoms with Gasteiger partial charge in [-0.3, -0.25) is 39.9 Å². The van der Waals surface area contributed by atoms with Gasteiger partial charge in [0.15, 0.2) is 0 Å². The molecular formula is C68H71Cl3F2N12. The van der Waals surface area contributed by atoms with Crippen LogP contribution >= 0.6 is 34.8 Å². The second-order valence-electron chi connectivity index (χ2n) is 21.0. The van der Waals surface area contributed by atoms with Crippen molar-refractivity contribution in [3.8, 4) is 0 Å². The van der Waals surface area contributed by atoms with E-state index < -0.39 is 0 Å². The average Bonchev–Trinajstić information content (AvgIpc) is 4.55. The van der Waals surface area contributed by atoms with Crippen molar-refractivity contribution in [2.24, 2.45) is 20.0 Å². The fourth-order valence-electron chi connectivity index (χ4n) is 10.4. The smallest absolute Gasteiger partial charge is 0.147 e. The van der Waals surface area contributed by atoms with Crippen LogP contribution in [0.3, 0.4) is 0 Å². The van der Waals surface area contributed by atoms with Crippen LogP contribution < -0.4 is 21.3 Å². The topological polar surface area (TPSA) is 149 Å². The molecule has 0 amide bonds. The van der Waals surface area contributed by atoms with E-state index in [1.54, 1.807) is 67.5 Å². The number of pyridine rings is 2. The number of nitrogens with zero attached hydrogens (tertiary/aromatic N) is 8. The largest absolute Gasteiger partial charge is 0.367 e. The fourth-order valence-corrected chi connectivity index (χ4v) is 11.0. The molecule has 0 bridgehead atoms. The lowest BCUT2D eigenvalue weighted by Gasteiger charge is -2.22. The van der Waals surface area contributed by atoms with Gasteiger partial charge in [-0.15, -0.1) is 0 Å². The average molecular weight is 1200 g/mol. The summed E-state index contributed by atoms with van der Waals surface area (Å²) in [5.41, 5.74) is 8.30. The van der Waals surface area contributed by atoms with Gasteiger partial charge in [0, 0.05) is 107 Å². The van der Waals surface area contributed by atoms with Crippen LogP contribution in [0.1, 0.15) is 120 Å². The van der Waals surface area contributed by atoms with Gasteiger partial charge in [0.25, 0.3) is 0 Å². The lowest BCUT2D eigenvalue weighted by Crippen LogP contribution is -2.29. The monoisotopic (exact) mass is 1200 g/mol. The first-order chi connectivity index (χ1) is 41.7. The number of hydrogen-bond acceptors (Lipinski definition) is 12. The SMILES string of the molecule is Clc1cccc(C(Cc2ccccc2)NC2=NCCC2)c1Cl.Fc1c(Cl)cccc1C(Cc1ccncc1)NC1=NCCC1.Fc1cccc(C(Cc2ccncc2)NC2=NCCC2)c1.c1ccc(C(Cc2cnccn2)NC2=NCCC2)cc1. The summed E-state index contributed by atoms with van der Waals surface area (Å²) in [6.07, 6.45) is 23.8. The molecule has 0 spiro atoms. The first kappa shape index (κ1) is 61.6. The Morgan fingerprint density at radius 2 is 0.847 bits per heavy atom. The highest BCUT2D eigenvalue weighted by atomic mass is 35.5. The highest BCUT2D eigenvalue weighted by molar-refractivity contribution is 6.42. The van der Waals surface area contributed by atoms with Crippen molar-refractivity contribution >= 4 is 58.1 Å². The molecule has 0 radical (unpaired) electrons. The minimum atomic E-state index is -0.366. The second kappa shape index (κ2) is 33.0. The van der Waals surface area contributed by atoms with Crippen LogP contribution in [-0.2, 0) is 25.7 Å². The fraction of sp³-hybridized carbons (Fsp3) is 0.294. The Bertz CT molecular complexity index is 3330. The molecule has 12 rings (SSSR count). The molecule has 8 aromatic rings. The first-order valence-corrected chi connectivity index (χ1v) is 30.3. The molecule has 12 nitrogen and oxygen atoms in total. The van der Waals surface area contributed by atoms with Crippen molar-refractivity contribution in [2.45, 2.75) is 101 Å². The van der Waals surface area contributed by atoms with Gasteiger partial charge < -0.3 is 21.3 Å². The Hall–Kier alpha value is -7.91. The lowest BCUT2D eigenvalue weighted by atomic mass is 9.98.